The minimum absolute atomic E-state index is 0.274. The monoisotopic (exact) mass is 275 g/mol. The van der Waals surface area contributed by atoms with E-state index in [-0.39, 0.29) is 18.5 Å². The standard InChI is InChI=1S/C16H18FNO2/c1-11-7-8-12(17)9-15(11)20-16(10-18)13-5-3-4-6-14(13)19-2/h3-9,16H,10,18H2,1-2H3. The Hall–Kier alpha value is -2.07. The molecule has 0 fully saturated rings. The second-order valence-corrected chi connectivity index (χ2v) is 4.49. The van der Waals surface area contributed by atoms with Crippen LogP contribution in [0.4, 0.5) is 4.39 Å². The summed E-state index contributed by atoms with van der Waals surface area (Å²) < 4.78 is 24.5. The first-order valence-electron chi connectivity index (χ1n) is 6.41. The summed E-state index contributed by atoms with van der Waals surface area (Å²) in [5, 5.41) is 0. The van der Waals surface area contributed by atoms with Crippen molar-refractivity contribution in [1.29, 1.82) is 0 Å². The summed E-state index contributed by atoms with van der Waals surface area (Å²) >= 11 is 0. The predicted octanol–water partition coefficient (Wildman–Crippen LogP) is 3.22. The van der Waals surface area contributed by atoms with Gasteiger partial charge in [-0.1, -0.05) is 24.3 Å². The molecule has 0 saturated carbocycles. The third-order valence-corrected chi connectivity index (χ3v) is 3.12. The molecule has 0 aliphatic carbocycles. The maximum Gasteiger partial charge on any atom is 0.139 e. The predicted molar refractivity (Wildman–Crippen MR) is 76.6 cm³/mol. The van der Waals surface area contributed by atoms with E-state index in [2.05, 4.69) is 0 Å². The summed E-state index contributed by atoms with van der Waals surface area (Å²) in [6.07, 6.45) is -0.383. The number of hydrogen-bond acceptors (Lipinski definition) is 3. The van der Waals surface area contributed by atoms with Gasteiger partial charge in [0.15, 0.2) is 0 Å². The maximum atomic E-state index is 13.3. The van der Waals surface area contributed by atoms with Crippen LogP contribution in [0.3, 0.4) is 0 Å². The van der Waals surface area contributed by atoms with Crippen molar-refractivity contribution in [2.45, 2.75) is 13.0 Å². The Labute approximate surface area is 118 Å². The molecule has 1 atom stereocenters. The number of benzene rings is 2. The third-order valence-electron chi connectivity index (χ3n) is 3.12. The van der Waals surface area contributed by atoms with Crippen LogP contribution >= 0.6 is 0 Å². The molecule has 0 aromatic heterocycles. The van der Waals surface area contributed by atoms with Crippen LogP contribution < -0.4 is 15.2 Å². The highest BCUT2D eigenvalue weighted by molar-refractivity contribution is 5.38. The highest BCUT2D eigenvalue weighted by Crippen LogP contribution is 2.30. The number of rotatable bonds is 5. The lowest BCUT2D eigenvalue weighted by molar-refractivity contribution is 0.206. The lowest BCUT2D eigenvalue weighted by Gasteiger charge is -2.21. The Morgan fingerprint density at radius 1 is 1.15 bits per heavy atom. The summed E-state index contributed by atoms with van der Waals surface area (Å²) in [4.78, 5) is 0. The van der Waals surface area contributed by atoms with E-state index in [1.54, 1.807) is 13.2 Å². The molecular formula is C16H18FNO2. The van der Waals surface area contributed by atoms with Crippen molar-refractivity contribution < 1.29 is 13.9 Å². The minimum Gasteiger partial charge on any atom is -0.496 e. The van der Waals surface area contributed by atoms with E-state index >= 15 is 0 Å². The lowest BCUT2D eigenvalue weighted by atomic mass is 10.1. The molecule has 0 bridgehead atoms. The van der Waals surface area contributed by atoms with Crippen LogP contribution in [0.1, 0.15) is 17.2 Å². The first kappa shape index (κ1) is 14.3. The van der Waals surface area contributed by atoms with Gasteiger partial charge in [-0.25, -0.2) is 4.39 Å². The SMILES string of the molecule is COc1ccccc1C(CN)Oc1cc(F)ccc1C. The van der Waals surface area contributed by atoms with Crippen molar-refractivity contribution in [1.82, 2.24) is 0 Å². The number of hydrogen-bond donors (Lipinski definition) is 1. The molecule has 0 aliphatic heterocycles. The normalized spacial score (nSPS) is 12.0. The third kappa shape index (κ3) is 3.08. The molecule has 2 aromatic carbocycles. The van der Waals surface area contributed by atoms with Crippen LogP contribution in [0.15, 0.2) is 42.5 Å². The van der Waals surface area contributed by atoms with E-state index in [1.165, 1.54) is 12.1 Å². The summed E-state index contributed by atoms with van der Waals surface area (Å²) in [5.74, 6) is 0.866. The topological polar surface area (TPSA) is 44.5 Å². The van der Waals surface area contributed by atoms with E-state index in [1.807, 2.05) is 31.2 Å². The molecular weight excluding hydrogens is 257 g/mol. The van der Waals surface area contributed by atoms with Gasteiger partial charge in [-0.15, -0.1) is 0 Å². The molecule has 0 radical (unpaired) electrons. The Balaban J connectivity index is 2.31. The van der Waals surface area contributed by atoms with Crippen molar-refractivity contribution in [3.8, 4) is 11.5 Å². The van der Waals surface area contributed by atoms with Crippen LogP contribution in [0.5, 0.6) is 11.5 Å². The van der Waals surface area contributed by atoms with Crippen molar-refractivity contribution in [2.75, 3.05) is 13.7 Å². The second-order valence-electron chi connectivity index (χ2n) is 4.49. The number of halogens is 1. The second kappa shape index (κ2) is 6.39. The summed E-state index contributed by atoms with van der Waals surface area (Å²) in [5.41, 5.74) is 7.50. The van der Waals surface area contributed by atoms with Crippen LogP contribution in [0.2, 0.25) is 0 Å². The van der Waals surface area contributed by atoms with Crippen molar-refractivity contribution in [3.63, 3.8) is 0 Å². The quantitative estimate of drug-likeness (QED) is 0.911. The van der Waals surface area contributed by atoms with Gasteiger partial charge in [-0.2, -0.15) is 0 Å². The number of ether oxygens (including phenoxy) is 2. The van der Waals surface area contributed by atoms with Gasteiger partial charge in [-0.3, -0.25) is 0 Å². The Morgan fingerprint density at radius 2 is 1.90 bits per heavy atom. The molecule has 2 rings (SSSR count). The van der Waals surface area contributed by atoms with Crippen molar-refractivity contribution >= 4 is 0 Å². The molecule has 0 spiro atoms. The van der Waals surface area contributed by atoms with E-state index < -0.39 is 0 Å². The van der Waals surface area contributed by atoms with Crippen molar-refractivity contribution in [3.05, 3.63) is 59.4 Å². The van der Waals surface area contributed by atoms with Gasteiger partial charge in [0.25, 0.3) is 0 Å². The highest BCUT2D eigenvalue weighted by Gasteiger charge is 2.17. The van der Waals surface area contributed by atoms with E-state index in [4.69, 9.17) is 15.2 Å². The minimum atomic E-state index is -0.383. The molecule has 20 heavy (non-hydrogen) atoms. The van der Waals surface area contributed by atoms with Crippen LogP contribution in [0, 0.1) is 12.7 Å². The summed E-state index contributed by atoms with van der Waals surface area (Å²) in [6.45, 7) is 2.14. The fraction of sp³-hybridized carbons (Fsp3) is 0.250. The fourth-order valence-electron chi connectivity index (χ4n) is 2.03. The summed E-state index contributed by atoms with van der Waals surface area (Å²) in [7, 11) is 1.60. The molecule has 2 N–H and O–H groups in total. The number of para-hydroxylation sites is 1. The zero-order chi connectivity index (χ0) is 14.5. The molecule has 0 heterocycles. The first-order valence-corrected chi connectivity index (χ1v) is 6.41. The maximum absolute atomic E-state index is 13.3. The van der Waals surface area contributed by atoms with Gasteiger partial charge < -0.3 is 15.2 Å². The van der Waals surface area contributed by atoms with Gasteiger partial charge in [0.05, 0.1) is 7.11 Å². The van der Waals surface area contributed by atoms with Gasteiger partial charge in [0.1, 0.15) is 23.4 Å². The lowest BCUT2D eigenvalue weighted by Crippen LogP contribution is -2.19. The average molecular weight is 275 g/mol. The van der Waals surface area contributed by atoms with Crippen LogP contribution in [0.25, 0.3) is 0 Å². The zero-order valence-electron chi connectivity index (χ0n) is 11.6. The first-order chi connectivity index (χ1) is 9.65. The van der Waals surface area contributed by atoms with E-state index in [0.717, 1.165) is 11.1 Å². The molecule has 0 amide bonds. The Bertz CT molecular complexity index is 586. The molecule has 1 unspecified atom stereocenters. The molecule has 0 aliphatic rings. The highest BCUT2D eigenvalue weighted by atomic mass is 19.1. The molecule has 0 saturated heterocycles. The average Bonchev–Trinajstić information content (AvgIpc) is 2.48. The number of aryl methyl sites for hydroxylation is 1. The largest absolute Gasteiger partial charge is 0.496 e. The van der Waals surface area contributed by atoms with Gasteiger partial charge in [-0.05, 0) is 24.6 Å². The zero-order valence-corrected chi connectivity index (χ0v) is 11.6. The van der Waals surface area contributed by atoms with Gasteiger partial charge >= 0.3 is 0 Å². The summed E-state index contributed by atoms with van der Waals surface area (Å²) in [6, 6.07) is 12.0. The molecule has 4 heteroatoms. The van der Waals surface area contributed by atoms with Crippen molar-refractivity contribution in [2.24, 2.45) is 5.73 Å². The van der Waals surface area contributed by atoms with Gasteiger partial charge in [0.2, 0.25) is 0 Å². The molecule has 3 nitrogen and oxygen atoms in total. The van der Waals surface area contributed by atoms with Crippen LogP contribution in [-0.4, -0.2) is 13.7 Å². The number of methoxy groups -OCH3 is 1. The smallest absolute Gasteiger partial charge is 0.139 e. The fourth-order valence-corrected chi connectivity index (χ4v) is 2.03. The Kier molecular flexibility index (Phi) is 4.58. The van der Waals surface area contributed by atoms with Gasteiger partial charge in [0, 0.05) is 18.2 Å². The molecule has 2 aromatic rings. The van der Waals surface area contributed by atoms with E-state index in [9.17, 15) is 4.39 Å². The molecule has 106 valence electrons. The Morgan fingerprint density at radius 3 is 2.60 bits per heavy atom. The van der Waals surface area contributed by atoms with Crippen LogP contribution in [-0.2, 0) is 0 Å². The van der Waals surface area contributed by atoms with E-state index in [0.29, 0.717) is 11.5 Å². The number of nitrogens with two attached hydrogens (primary N) is 1.